The number of hydrogen-bond acceptors (Lipinski definition) is 6. The lowest BCUT2D eigenvalue weighted by Crippen LogP contribution is -2.15. The second kappa shape index (κ2) is 10.8. The molecule has 1 aromatic carbocycles. The summed E-state index contributed by atoms with van der Waals surface area (Å²) in [6.07, 6.45) is 3.98. The van der Waals surface area contributed by atoms with Gasteiger partial charge in [0.1, 0.15) is 5.56 Å². The van der Waals surface area contributed by atoms with E-state index < -0.39 is 10.9 Å². The Morgan fingerprint density at radius 2 is 1.81 bits per heavy atom. The molecule has 0 spiro atoms. The first kappa shape index (κ1) is 25.0. The number of carbonyl (C=O) groups is 2. The van der Waals surface area contributed by atoms with Crippen LogP contribution >= 0.6 is 0 Å². The zero-order valence-electron chi connectivity index (χ0n) is 19.7. The lowest BCUT2D eigenvalue weighted by molar-refractivity contribution is -0.385. The van der Waals surface area contributed by atoms with Crippen LogP contribution in [0, 0.1) is 17.0 Å². The fourth-order valence-electron chi connectivity index (χ4n) is 3.43. The molecule has 0 aliphatic heterocycles. The number of esters is 1. The monoisotopic (exact) mass is 441 g/mol. The van der Waals surface area contributed by atoms with Gasteiger partial charge in [-0.2, -0.15) is 5.10 Å². The number of aryl methyl sites for hydroxylation is 1. The van der Waals surface area contributed by atoms with Crippen LogP contribution in [0.25, 0.3) is 5.57 Å². The van der Waals surface area contributed by atoms with E-state index in [1.54, 1.807) is 13.8 Å². The van der Waals surface area contributed by atoms with E-state index in [0.717, 1.165) is 24.0 Å². The molecule has 0 aliphatic rings. The molecule has 0 aliphatic carbocycles. The van der Waals surface area contributed by atoms with Crippen molar-refractivity contribution >= 4 is 23.0 Å². The van der Waals surface area contributed by atoms with Gasteiger partial charge in [0.05, 0.1) is 16.7 Å². The number of nitro groups is 1. The highest BCUT2D eigenvalue weighted by Crippen LogP contribution is 2.34. The maximum absolute atomic E-state index is 13.5. The molecule has 172 valence electrons. The van der Waals surface area contributed by atoms with Gasteiger partial charge < -0.3 is 4.74 Å². The number of unbranched alkanes of at least 4 members (excludes halogenated alkanes) is 1. The second-order valence-electron chi connectivity index (χ2n) is 8.01. The molecule has 32 heavy (non-hydrogen) atoms. The summed E-state index contributed by atoms with van der Waals surface area (Å²) in [7, 11) is 0. The van der Waals surface area contributed by atoms with Crippen LogP contribution in [0.3, 0.4) is 0 Å². The predicted octanol–water partition coefficient (Wildman–Crippen LogP) is 5.65. The number of ketones is 1. The van der Waals surface area contributed by atoms with Crippen molar-refractivity contribution in [3.8, 4) is 5.88 Å². The summed E-state index contributed by atoms with van der Waals surface area (Å²) in [6, 6.07) is 2.81. The quantitative estimate of drug-likeness (QED) is 0.204. The molecule has 1 heterocycles. The molecule has 2 aromatic rings. The van der Waals surface area contributed by atoms with Gasteiger partial charge in [-0.05, 0) is 57.7 Å². The molecule has 0 unspecified atom stereocenters. The van der Waals surface area contributed by atoms with Gasteiger partial charge in [0.15, 0.2) is 5.78 Å². The van der Waals surface area contributed by atoms with Crippen LogP contribution in [0.2, 0.25) is 0 Å². The highest BCUT2D eigenvalue weighted by Gasteiger charge is 2.27. The van der Waals surface area contributed by atoms with E-state index in [4.69, 9.17) is 4.74 Å². The summed E-state index contributed by atoms with van der Waals surface area (Å²) in [6.45, 7) is 11.7. The summed E-state index contributed by atoms with van der Waals surface area (Å²) in [5.41, 5.74) is 3.04. The van der Waals surface area contributed by atoms with E-state index in [-0.39, 0.29) is 29.3 Å². The lowest BCUT2D eigenvalue weighted by atomic mass is 9.90. The Morgan fingerprint density at radius 1 is 1.12 bits per heavy atom. The molecule has 8 heteroatoms. The Morgan fingerprint density at radius 3 is 2.38 bits per heavy atom. The van der Waals surface area contributed by atoms with Crippen molar-refractivity contribution in [1.29, 1.82) is 0 Å². The zero-order valence-corrected chi connectivity index (χ0v) is 19.7. The predicted molar refractivity (Wildman–Crippen MR) is 123 cm³/mol. The molecule has 0 atom stereocenters. The summed E-state index contributed by atoms with van der Waals surface area (Å²) in [4.78, 5) is 36.9. The normalized spacial score (nSPS) is 10.7. The Kier molecular flexibility index (Phi) is 8.46. The number of ether oxygens (including phenoxy) is 1. The van der Waals surface area contributed by atoms with Crippen LogP contribution < -0.4 is 4.74 Å². The van der Waals surface area contributed by atoms with E-state index in [1.807, 2.05) is 27.7 Å². The Labute approximate surface area is 188 Å². The van der Waals surface area contributed by atoms with Crippen molar-refractivity contribution in [2.24, 2.45) is 0 Å². The van der Waals surface area contributed by atoms with Crippen LogP contribution in [0.1, 0.15) is 87.4 Å². The first-order valence-corrected chi connectivity index (χ1v) is 10.9. The fraction of sp³-hybridized carbons (Fsp3) is 0.458. The number of allylic oxidation sites excluding steroid dienone is 2. The van der Waals surface area contributed by atoms with Crippen molar-refractivity contribution in [2.45, 2.75) is 73.8 Å². The second-order valence-corrected chi connectivity index (χ2v) is 8.01. The minimum Gasteiger partial charge on any atom is -0.407 e. The fourth-order valence-corrected chi connectivity index (χ4v) is 3.43. The van der Waals surface area contributed by atoms with Gasteiger partial charge in [-0.15, -0.1) is 0 Å². The Balaban J connectivity index is 2.63. The molecule has 0 bridgehead atoms. The SMILES string of the molecule is CCCCn1ncc(C(=O)c2ccc([N+](=O)[O-])c(C(C)=C(C)C)c2C)c1OC(=O)CCC. The number of nitrogens with zero attached hydrogens (tertiary/aromatic N) is 3. The number of aromatic nitrogens is 2. The molecular weight excluding hydrogens is 410 g/mol. The average Bonchev–Trinajstić information content (AvgIpc) is 3.13. The maximum atomic E-state index is 13.5. The maximum Gasteiger partial charge on any atom is 0.312 e. The number of benzene rings is 1. The summed E-state index contributed by atoms with van der Waals surface area (Å²) < 4.78 is 7.07. The van der Waals surface area contributed by atoms with Crippen LogP contribution in [0.4, 0.5) is 5.69 Å². The van der Waals surface area contributed by atoms with Gasteiger partial charge >= 0.3 is 5.97 Å². The summed E-state index contributed by atoms with van der Waals surface area (Å²) in [5, 5.41) is 15.9. The average molecular weight is 442 g/mol. The largest absolute Gasteiger partial charge is 0.407 e. The number of nitro benzene ring substituents is 1. The standard InChI is InChI=1S/C24H31N3O5/c1-7-9-13-26-24(32-21(28)10-8-2)19(14-25-26)23(29)18-11-12-20(27(30)31)22(17(18)6)16(5)15(3)4/h11-12,14H,7-10,13H2,1-6H3. The van der Waals surface area contributed by atoms with Crippen molar-refractivity contribution in [3.63, 3.8) is 0 Å². The third-order valence-corrected chi connectivity index (χ3v) is 5.43. The topological polar surface area (TPSA) is 104 Å². The van der Waals surface area contributed by atoms with E-state index in [0.29, 0.717) is 29.7 Å². The number of rotatable bonds is 10. The molecule has 2 rings (SSSR count). The molecule has 8 nitrogen and oxygen atoms in total. The van der Waals surface area contributed by atoms with Crippen molar-refractivity contribution in [1.82, 2.24) is 9.78 Å². The van der Waals surface area contributed by atoms with Gasteiger partial charge in [-0.3, -0.25) is 19.7 Å². The first-order valence-electron chi connectivity index (χ1n) is 10.9. The Bertz CT molecular complexity index is 1060. The summed E-state index contributed by atoms with van der Waals surface area (Å²) in [5.74, 6) is -0.691. The van der Waals surface area contributed by atoms with Gasteiger partial charge in [0.2, 0.25) is 5.88 Å². The van der Waals surface area contributed by atoms with Gasteiger partial charge in [-0.1, -0.05) is 25.8 Å². The number of hydrogen-bond donors (Lipinski definition) is 0. The molecule has 0 fully saturated rings. The van der Waals surface area contributed by atoms with Crippen LogP contribution in [0.5, 0.6) is 5.88 Å². The first-order chi connectivity index (χ1) is 15.1. The third kappa shape index (κ3) is 5.30. The molecule has 0 saturated carbocycles. The van der Waals surface area contributed by atoms with Gasteiger partial charge in [-0.25, -0.2) is 4.68 Å². The van der Waals surface area contributed by atoms with E-state index in [1.165, 1.54) is 23.0 Å². The minimum absolute atomic E-state index is 0.0500. The van der Waals surface area contributed by atoms with Crippen molar-refractivity contribution in [2.75, 3.05) is 0 Å². The lowest BCUT2D eigenvalue weighted by Gasteiger charge is -2.14. The molecule has 1 aromatic heterocycles. The Hall–Kier alpha value is -3.29. The summed E-state index contributed by atoms with van der Waals surface area (Å²) >= 11 is 0. The smallest absolute Gasteiger partial charge is 0.312 e. The zero-order chi connectivity index (χ0) is 24.0. The highest BCUT2D eigenvalue weighted by atomic mass is 16.6. The van der Waals surface area contributed by atoms with Crippen molar-refractivity contribution in [3.05, 3.63) is 56.3 Å². The van der Waals surface area contributed by atoms with Crippen molar-refractivity contribution < 1.29 is 19.2 Å². The molecular formula is C24H31N3O5. The van der Waals surface area contributed by atoms with Crippen LogP contribution in [-0.2, 0) is 11.3 Å². The minimum atomic E-state index is -0.441. The van der Waals surface area contributed by atoms with Gasteiger partial charge in [0, 0.05) is 24.6 Å². The van der Waals surface area contributed by atoms with E-state index >= 15 is 0 Å². The molecule has 0 N–H and O–H groups in total. The van der Waals surface area contributed by atoms with Gasteiger partial charge in [0.25, 0.3) is 5.69 Å². The van der Waals surface area contributed by atoms with Crippen LogP contribution in [0.15, 0.2) is 23.9 Å². The molecule has 0 radical (unpaired) electrons. The third-order valence-electron chi connectivity index (χ3n) is 5.43. The molecule has 0 saturated heterocycles. The highest BCUT2D eigenvalue weighted by molar-refractivity contribution is 6.12. The molecule has 0 amide bonds. The van der Waals surface area contributed by atoms with Crippen LogP contribution in [-0.4, -0.2) is 26.5 Å². The van der Waals surface area contributed by atoms with E-state index in [2.05, 4.69) is 5.10 Å². The number of carbonyl (C=O) groups excluding carboxylic acids is 2. The van der Waals surface area contributed by atoms with E-state index in [9.17, 15) is 19.7 Å².